The van der Waals surface area contributed by atoms with Crippen molar-refractivity contribution in [2.24, 2.45) is 4.99 Å². The van der Waals surface area contributed by atoms with E-state index in [1.807, 2.05) is 48.0 Å². The van der Waals surface area contributed by atoms with Crippen molar-refractivity contribution in [1.82, 2.24) is 20.4 Å². The Hall–Kier alpha value is -3.28. The molecule has 0 aliphatic heterocycles. The molecule has 0 saturated heterocycles. The number of guanidine groups is 1. The quantitative estimate of drug-likeness (QED) is 0.511. The van der Waals surface area contributed by atoms with Gasteiger partial charge in [0.2, 0.25) is 0 Å². The lowest BCUT2D eigenvalue weighted by Crippen LogP contribution is -2.36. The zero-order valence-electron chi connectivity index (χ0n) is 16.9. The molecule has 2 N–H and O–H groups in total. The predicted molar refractivity (Wildman–Crippen MR) is 113 cm³/mol. The van der Waals surface area contributed by atoms with Crippen molar-refractivity contribution in [3.05, 3.63) is 77.1 Å². The topological polar surface area (TPSA) is 63.5 Å². The first kappa shape index (κ1) is 19.5. The largest absolute Gasteiger partial charge is 0.497 e. The summed E-state index contributed by atoms with van der Waals surface area (Å²) in [6.07, 6.45) is 0. The Labute approximate surface area is 166 Å². The molecule has 1 heterocycles. The van der Waals surface area contributed by atoms with Crippen molar-refractivity contribution < 1.29 is 4.74 Å². The second kappa shape index (κ2) is 9.08. The van der Waals surface area contributed by atoms with E-state index in [-0.39, 0.29) is 0 Å². The molecule has 3 aromatic rings. The molecule has 0 spiro atoms. The highest BCUT2D eigenvalue weighted by molar-refractivity contribution is 5.79. The second-order valence-electron chi connectivity index (χ2n) is 6.53. The van der Waals surface area contributed by atoms with Crippen LogP contribution in [0.15, 0.2) is 59.6 Å². The van der Waals surface area contributed by atoms with Gasteiger partial charge in [-0.3, -0.25) is 4.99 Å². The normalized spacial score (nSPS) is 11.4. The number of nitrogens with one attached hydrogen (secondary N) is 2. The monoisotopic (exact) mass is 377 g/mol. The number of benzene rings is 2. The molecule has 6 heteroatoms. The molecule has 2 aromatic carbocycles. The van der Waals surface area contributed by atoms with Crippen LogP contribution >= 0.6 is 0 Å². The summed E-state index contributed by atoms with van der Waals surface area (Å²) >= 11 is 0. The van der Waals surface area contributed by atoms with Gasteiger partial charge in [-0.25, -0.2) is 4.68 Å². The van der Waals surface area contributed by atoms with Crippen molar-refractivity contribution in [2.45, 2.75) is 26.9 Å². The number of methoxy groups -OCH3 is 1. The Morgan fingerprint density at radius 3 is 2.50 bits per heavy atom. The number of aromatic nitrogens is 2. The van der Waals surface area contributed by atoms with Crippen LogP contribution in [0.5, 0.6) is 5.75 Å². The van der Waals surface area contributed by atoms with Crippen LogP contribution in [0.3, 0.4) is 0 Å². The second-order valence-corrected chi connectivity index (χ2v) is 6.53. The van der Waals surface area contributed by atoms with Gasteiger partial charge >= 0.3 is 0 Å². The van der Waals surface area contributed by atoms with Crippen LogP contribution < -0.4 is 15.4 Å². The first-order chi connectivity index (χ1) is 13.6. The minimum Gasteiger partial charge on any atom is -0.497 e. The van der Waals surface area contributed by atoms with E-state index in [0.29, 0.717) is 13.1 Å². The molecular weight excluding hydrogens is 350 g/mol. The Morgan fingerprint density at radius 2 is 1.79 bits per heavy atom. The van der Waals surface area contributed by atoms with E-state index in [1.54, 1.807) is 14.2 Å². The molecule has 0 saturated carbocycles. The molecule has 0 atom stereocenters. The average molecular weight is 377 g/mol. The standard InChI is InChI=1S/C22H27N5O/c1-16-21(17(2)27(26-16)19-10-6-5-7-11-19)15-25-22(23-3)24-14-18-9-8-12-20(13-18)28-4/h5-13H,14-15H2,1-4H3,(H2,23,24,25). The van der Waals surface area contributed by atoms with Crippen LogP contribution in [0.1, 0.15) is 22.5 Å². The van der Waals surface area contributed by atoms with Crippen molar-refractivity contribution in [1.29, 1.82) is 0 Å². The number of rotatable bonds is 6. The molecule has 0 radical (unpaired) electrons. The highest BCUT2D eigenvalue weighted by atomic mass is 16.5. The first-order valence-corrected chi connectivity index (χ1v) is 9.30. The summed E-state index contributed by atoms with van der Waals surface area (Å²) in [5, 5.41) is 11.4. The third kappa shape index (κ3) is 4.52. The lowest BCUT2D eigenvalue weighted by Gasteiger charge is -2.13. The molecule has 0 aliphatic carbocycles. The fourth-order valence-electron chi connectivity index (χ4n) is 3.11. The Morgan fingerprint density at radius 1 is 1.04 bits per heavy atom. The van der Waals surface area contributed by atoms with Gasteiger partial charge in [0.1, 0.15) is 5.75 Å². The smallest absolute Gasteiger partial charge is 0.191 e. The number of nitrogens with zero attached hydrogens (tertiary/aromatic N) is 3. The van der Waals surface area contributed by atoms with Gasteiger partial charge in [0.25, 0.3) is 0 Å². The maximum absolute atomic E-state index is 5.28. The van der Waals surface area contributed by atoms with Crippen LogP contribution in [-0.4, -0.2) is 29.9 Å². The fraction of sp³-hybridized carbons (Fsp3) is 0.273. The van der Waals surface area contributed by atoms with Gasteiger partial charge in [-0.15, -0.1) is 0 Å². The molecule has 0 fully saturated rings. The lowest BCUT2D eigenvalue weighted by molar-refractivity contribution is 0.414. The van der Waals surface area contributed by atoms with Gasteiger partial charge in [0, 0.05) is 31.4 Å². The van der Waals surface area contributed by atoms with Gasteiger partial charge < -0.3 is 15.4 Å². The fourth-order valence-corrected chi connectivity index (χ4v) is 3.11. The van der Waals surface area contributed by atoms with E-state index in [9.17, 15) is 0 Å². The van der Waals surface area contributed by atoms with Crippen LogP contribution in [0.2, 0.25) is 0 Å². The highest BCUT2D eigenvalue weighted by Crippen LogP contribution is 2.17. The molecule has 0 amide bonds. The maximum Gasteiger partial charge on any atom is 0.191 e. The first-order valence-electron chi connectivity index (χ1n) is 9.30. The van der Waals surface area contributed by atoms with Crippen molar-refractivity contribution >= 4 is 5.96 Å². The van der Waals surface area contributed by atoms with Crippen LogP contribution in [0, 0.1) is 13.8 Å². The zero-order chi connectivity index (χ0) is 19.9. The Bertz CT molecular complexity index is 947. The van der Waals surface area contributed by atoms with Crippen molar-refractivity contribution in [3.63, 3.8) is 0 Å². The minimum atomic E-state index is 0.655. The number of hydrogen-bond donors (Lipinski definition) is 2. The number of aryl methyl sites for hydroxylation is 1. The van der Waals surface area contributed by atoms with E-state index < -0.39 is 0 Å². The summed E-state index contributed by atoms with van der Waals surface area (Å²) in [5.41, 5.74) is 5.51. The molecule has 1 aromatic heterocycles. The Balaban J connectivity index is 1.64. The van der Waals surface area contributed by atoms with Gasteiger partial charge in [0.15, 0.2) is 5.96 Å². The van der Waals surface area contributed by atoms with Crippen LogP contribution in [0.25, 0.3) is 5.69 Å². The average Bonchev–Trinajstić information content (AvgIpc) is 3.02. The summed E-state index contributed by atoms with van der Waals surface area (Å²) in [4.78, 5) is 4.32. The Kier molecular flexibility index (Phi) is 6.32. The predicted octanol–water partition coefficient (Wildman–Crippen LogP) is 3.36. The number of hydrogen-bond acceptors (Lipinski definition) is 3. The van der Waals surface area contributed by atoms with Crippen LogP contribution in [-0.2, 0) is 13.1 Å². The third-order valence-corrected chi connectivity index (χ3v) is 4.69. The molecule has 3 rings (SSSR count). The summed E-state index contributed by atoms with van der Waals surface area (Å²) in [7, 11) is 3.45. The molecule has 146 valence electrons. The summed E-state index contributed by atoms with van der Waals surface area (Å²) < 4.78 is 7.26. The molecule has 0 aliphatic rings. The summed E-state index contributed by atoms with van der Waals surface area (Å²) in [6.45, 7) is 5.45. The van der Waals surface area contributed by atoms with Crippen LogP contribution in [0.4, 0.5) is 0 Å². The number of ether oxygens (including phenoxy) is 1. The van der Waals surface area contributed by atoms with E-state index in [2.05, 4.69) is 40.7 Å². The molecule has 0 bridgehead atoms. The van der Waals surface area contributed by atoms with Gasteiger partial charge in [-0.1, -0.05) is 30.3 Å². The molecule has 28 heavy (non-hydrogen) atoms. The zero-order valence-corrected chi connectivity index (χ0v) is 16.9. The highest BCUT2D eigenvalue weighted by Gasteiger charge is 2.13. The molecule has 0 unspecified atom stereocenters. The maximum atomic E-state index is 5.28. The number of aliphatic imine (C=N–C) groups is 1. The van der Waals surface area contributed by atoms with Gasteiger partial charge in [0.05, 0.1) is 18.5 Å². The van der Waals surface area contributed by atoms with E-state index in [0.717, 1.165) is 34.3 Å². The SMILES string of the molecule is CN=C(NCc1cccc(OC)c1)NCc1c(C)nn(-c2ccccc2)c1C. The third-order valence-electron chi connectivity index (χ3n) is 4.69. The van der Waals surface area contributed by atoms with E-state index in [1.165, 1.54) is 5.56 Å². The molecular formula is C22H27N5O. The van der Waals surface area contributed by atoms with Crippen molar-refractivity contribution in [2.75, 3.05) is 14.2 Å². The van der Waals surface area contributed by atoms with E-state index in [4.69, 9.17) is 9.84 Å². The molecule has 6 nitrogen and oxygen atoms in total. The van der Waals surface area contributed by atoms with Gasteiger partial charge in [-0.2, -0.15) is 5.10 Å². The summed E-state index contributed by atoms with van der Waals surface area (Å²) in [5.74, 6) is 1.59. The van der Waals surface area contributed by atoms with E-state index >= 15 is 0 Å². The van der Waals surface area contributed by atoms with Crippen molar-refractivity contribution in [3.8, 4) is 11.4 Å². The van der Waals surface area contributed by atoms with Gasteiger partial charge in [-0.05, 0) is 43.7 Å². The summed E-state index contributed by atoms with van der Waals surface area (Å²) in [6, 6.07) is 18.2. The minimum absolute atomic E-state index is 0.655. The lowest BCUT2D eigenvalue weighted by atomic mass is 10.2. The number of para-hydroxylation sites is 1.